The van der Waals surface area contributed by atoms with Gasteiger partial charge in [0.1, 0.15) is 12.4 Å². The zero-order valence-corrected chi connectivity index (χ0v) is 12.5. The summed E-state index contributed by atoms with van der Waals surface area (Å²) in [7, 11) is 3.45. The highest BCUT2D eigenvalue weighted by Crippen LogP contribution is 2.31. The van der Waals surface area contributed by atoms with E-state index in [4.69, 9.17) is 19.9 Å². The van der Waals surface area contributed by atoms with Gasteiger partial charge in [-0.05, 0) is 12.1 Å². The summed E-state index contributed by atoms with van der Waals surface area (Å²) in [5, 5.41) is 0. The quantitative estimate of drug-likeness (QED) is 0.912. The fourth-order valence-corrected chi connectivity index (χ4v) is 2.28. The van der Waals surface area contributed by atoms with Crippen molar-refractivity contribution in [1.29, 1.82) is 0 Å². The van der Waals surface area contributed by atoms with Crippen LogP contribution in [0.15, 0.2) is 30.3 Å². The summed E-state index contributed by atoms with van der Waals surface area (Å²) in [5.41, 5.74) is 5.68. The predicted octanol–water partition coefficient (Wildman–Crippen LogP) is 1.34. The molecular weight excluding hydrogens is 284 g/mol. The molecule has 0 aliphatic carbocycles. The van der Waals surface area contributed by atoms with Crippen LogP contribution >= 0.6 is 0 Å². The van der Waals surface area contributed by atoms with Gasteiger partial charge in [-0.15, -0.1) is 0 Å². The molecule has 1 unspecified atom stereocenters. The lowest BCUT2D eigenvalue weighted by atomic mass is 10.2. The minimum Gasteiger partial charge on any atom is -0.486 e. The lowest BCUT2D eigenvalue weighted by molar-refractivity contribution is 0.0959. The smallest absolute Gasteiger partial charge is 0.225 e. The van der Waals surface area contributed by atoms with E-state index in [1.54, 1.807) is 13.2 Å². The Morgan fingerprint density at radius 2 is 2.09 bits per heavy atom. The largest absolute Gasteiger partial charge is 0.486 e. The molecule has 1 aromatic carbocycles. The molecule has 0 spiro atoms. The lowest BCUT2D eigenvalue weighted by Gasteiger charge is -2.30. The van der Waals surface area contributed by atoms with Crippen molar-refractivity contribution in [2.75, 3.05) is 37.9 Å². The zero-order chi connectivity index (χ0) is 15.5. The number of likely N-dealkylation sites (N-methyl/N-ethyl adjacent to an activating group) is 1. The molecule has 1 aliphatic heterocycles. The van der Waals surface area contributed by atoms with Crippen molar-refractivity contribution >= 4 is 11.8 Å². The first kappa shape index (κ1) is 14.2. The van der Waals surface area contributed by atoms with Gasteiger partial charge in [0.25, 0.3) is 0 Å². The first-order valence-corrected chi connectivity index (χ1v) is 6.94. The van der Waals surface area contributed by atoms with Crippen LogP contribution in [0, 0.1) is 0 Å². The van der Waals surface area contributed by atoms with Crippen molar-refractivity contribution in [2.24, 2.45) is 0 Å². The number of nitrogen functional groups attached to an aromatic ring is 1. The number of hydrogen-bond acceptors (Lipinski definition) is 7. The van der Waals surface area contributed by atoms with E-state index >= 15 is 0 Å². The van der Waals surface area contributed by atoms with Crippen LogP contribution in [-0.2, 0) is 0 Å². The number of aromatic nitrogens is 2. The van der Waals surface area contributed by atoms with E-state index in [1.807, 2.05) is 36.2 Å². The predicted molar refractivity (Wildman–Crippen MR) is 82.6 cm³/mol. The van der Waals surface area contributed by atoms with E-state index in [0.717, 1.165) is 11.5 Å². The maximum atomic E-state index is 5.94. The van der Waals surface area contributed by atoms with Crippen molar-refractivity contribution in [3.63, 3.8) is 0 Å². The Kier molecular flexibility index (Phi) is 3.86. The maximum absolute atomic E-state index is 5.94. The molecule has 2 aromatic rings. The number of hydrogen-bond donors (Lipinski definition) is 1. The third-order valence-corrected chi connectivity index (χ3v) is 3.35. The van der Waals surface area contributed by atoms with Crippen molar-refractivity contribution < 1.29 is 14.2 Å². The Bertz CT molecular complexity index is 665. The van der Waals surface area contributed by atoms with Gasteiger partial charge in [-0.2, -0.15) is 9.97 Å². The van der Waals surface area contributed by atoms with Gasteiger partial charge in [-0.3, -0.25) is 0 Å². The molecule has 2 heterocycles. The van der Waals surface area contributed by atoms with E-state index in [2.05, 4.69) is 9.97 Å². The molecule has 0 saturated carbocycles. The fraction of sp³-hybridized carbons (Fsp3) is 0.333. The lowest BCUT2D eigenvalue weighted by Crippen LogP contribution is -2.39. The topological polar surface area (TPSA) is 82.7 Å². The average molecular weight is 302 g/mol. The number of para-hydroxylation sites is 2. The van der Waals surface area contributed by atoms with E-state index in [-0.39, 0.29) is 12.1 Å². The molecule has 1 atom stereocenters. The van der Waals surface area contributed by atoms with Crippen LogP contribution in [0.4, 0.5) is 11.8 Å². The third-order valence-electron chi connectivity index (χ3n) is 3.35. The van der Waals surface area contributed by atoms with Gasteiger partial charge in [0.15, 0.2) is 17.6 Å². The first-order chi connectivity index (χ1) is 10.7. The van der Waals surface area contributed by atoms with Crippen LogP contribution in [0.5, 0.6) is 17.4 Å². The number of rotatable bonds is 4. The standard InChI is InChI=1S/C15H18N4O3/c1-19(13-7-14(20-2)18-15(16)17-13)8-10-9-21-11-5-3-4-6-12(11)22-10/h3-7,10H,8-9H2,1-2H3,(H2,16,17,18). The minimum absolute atomic E-state index is 0.0953. The SMILES string of the molecule is COc1cc(N(C)CC2COc3ccccc3O2)nc(N)n1. The summed E-state index contributed by atoms with van der Waals surface area (Å²) < 4.78 is 16.8. The maximum Gasteiger partial charge on any atom is 0.225 e. The average Bonchev–Trinajstić information content (AvgIpc) is 2.54. The molecule has 7 nitrogen and oxygen atoms in total. The van der Waals surface area contributed by atoms with Gasteiger partial charge in [-0.1, -0.05) is 12.1 Å². The van der Waals surface area contributed by atoms with Crippen LogP contribution in [0.1, 0.15) is 0 Å². The third kappa shape index (κ3) is 2.98. The highest BCUT2D eigenvalue weighted by atomic mass is 16.6. The molecule has 0 fully saturated rings. The van der Waals surface area contributed by atoms with Gasteiger partial charge in [0.2, 0.25) is 11.8 Å². The number of nitrogens with two attached hydrogens (primary N) is 1. The number of nitrogens with zero attached hydrogens (tertiary/aromatic N) is 3. The molecule has 0 radical (unpaired) electrons. The summed E-state index contributed by atoms with van der Waals surface area (Å²) in [6.45, 7) is 1.09. The fourth-order valence-electron chi connectivity index (χ4n) is 2.28. The molecule has 1 aliphatic rings. The van der Waals surface area contributed by atoms with Crippen molar-refractivity contribution in [3.05, 3.63) is 30.3 Å². The van der Waals surface area contributed by atoms with Crippen molar-refractivity contribution in [3.8, 4) is 17.4 Å². The number of ether oxygens (including phenoxy) is 3. The van der Waals surface area contributed by atoms with Gasteiger partial charge >= 0.3 is 0 Å². The Morgan fingerprint density at radius 1 is 1.32 bits per heavy atom. The summed E-state index contributed by atoms with van der Waals surface area (Å²) >= 11 is 0. The second kappa shape index (κ2) is 5.97. The Balaban J connectivity index is 1.70. The van der Waals surface area contributed by atoms with Crippen LogP contribution in [-0.4, -0.2) is 43.4 Å². The van der Waals surface area contributed by atoms with Crippen LogP contribution in [0.25, 0.3) is 0 Å². The Morgan fingerprint density at radius 3 is 2.86 bits per heavy atom. The van der Waals surface area contributed by atoms with Crippen molar-refractivity contribution in [2.45, 2.75) is 6.10 Å². The number of methoxy groups -OCH3 is 1. The van der Waals surface area contributed by atoms with Crippen LogP contribution < -0.4 is 24.8 Å². The zero-order valence-electron chi connectivity index (χ0n) is 12.5. The van der Waals surface area contributed by atoms with Crippen LogP contribution in [0.3, 0.4) is 0 Å². The van der Waals surface area contributed by atoms with E-state index in [1.165, 1.54) is 0 Å². The molecule has 22 heavy (non-hydrogen) atoms. The van der Waals surface area contributed by atoms with E-state index in [0.29, 0.717) is 24.8 Å². The molecule has 0 amide bonds. The van der Waals surface area contributed by atoms with Gasteiger partial charge < -0.3 is 24.8 Å². The first-order valence-electron chi connectivity index (χ1n) is 6.94. The highest BCUT2D eigenvalue weighted by Gasteiger charge is 2.22. The Labute approximate surface area is 128 Å². The minimum atomic E-state index is -0.0953. The molecule has 1 aromatic heterocycles. The van der Waals surface area contributed by atoms with Crippen LogP contribution in [0.2, 0.25) is 0 Å². The number of benzene rings is 1. The van der Waals surface area contributed by atoms with E-state index in [9.17, 15) is 0 Å². The second-order valence-corrected chi connectivity index (χ2v) is 5.00. The normalized spacial score (nSPS) is 16.2. The molecule has 0 bridgehead atoms. The number of fused-ring (bicyclic) bond motifs is 1. The number of anilines is 2. The Hall–Kier alpha value is -2.70. The van der Waals surface area contributed by atoms with Gasteiger partial charge in [-0.25, -0.2) is 0 Å². The molecule has 7 heteroatoms. The molecule has 2 N–H and O–H groups in total. The molecular formula is C15H18N4O3. The molecule has 116 valence electrons. The second-order valence-electron chi connectivity index (χ2n) is 5.00. The van der Waals surface area contributed by atoms with Crippen molar-refractivity contribution in [1.82, 2.24) is 9.97 Å². The monoisotopic (exact) mass is 302 g/mol. The summed E-state index contributed by atoms with van der Waals surface area (Å²) in [5.74, 6) is 2.81. The summed E-state index contributed by atoms with van der Waals surface area (Å²) in [6, 6.07) is 9.36. The molecule has 3 rings (SSSR count). The van der Waals surface area contributed by atoms with Gasteiger partial charge in [0, 0.05) is 13.1 Å². The molecule has 0 saturated heterocycles. The highest BCUT2D eigenvalue weighted by molar-refractivity contribution is 5.45. The summed E-state index contributed by atoms with van der Waals surface area (Å²) in [6.07, 6.45) is -0.0953. The van der Waals surface area contributed by atoms with E-state index < -0.39 is 0 Å². The summed E-state index contributed by atoms with van der Waals surface area (Å²) in [4.78, 5) is 10.1. The van der Waals surface area contributed by atoms with Gasteiger partial charge in [0.05, 0.1) is 13.7 Å².